The van der Waals surface area contributed by atoms with E-state index >= 15 is 0 Å². The number of anilines is 1. The SMILES string of the molecule is CC1CC(Nc2cc(S(C)(=O)=O)ccc2F)CC(C)(C)C1. The minimum Gasteiger partial charge on any atom is -0.380 e. The molecule has 0 heterocycles. The third-order valence-electron chi connectivity index (χ3n) is 4.11. The van der Waals surface area contributed by atoms with E-state index in [-0.39, 0.29) is 22.0 Å². The van der Waals surface area contributed by atoms with Gasteiger partial charge in [0.25, 0.3) is 0 Å². The molecule has 0 radical (unpaired) electrons. The van der Waals surface area contributed by atoms with Crippen LogP contribution in [-0.2, 0) is 9.84 Å². The summed E-state index contributed by atoms with van der Waals surface area (Å²) in [6.45, 7) is 6.65. The van der Waals surface area contributed by atoms with Gasteiger partial charge in [0.2, 0.25) is 0 Å². The van der Waals surface area contributed by atoms with E-state index in [4.69, 9.17) is 0 Å². The summed E-state index contributed by atoms with van der Waals surface area (Å²) in [6, 6.07) is 4.10. The van der Waals surface area contributed by atoms with Crippen LogP contribution in [0.5, 0.6) is 0 Å². The molecule has 5 heteroatoms. The van der Waals surface area contributed by atoms with Gasteiger partial charge in [0.1, 0.15) is 5.82 Å². The molecular weight excluding hydrogens is 289 g/mol. The first-order valence-corrected chi connectivity index (χ1v) is 9.22. The van der Waals surface area contributed by atoms with Crippen LogP contribution in [0.3, 0.4) is 0 Å². The maximum atomic E-state index is 13.9. The van der Waals surface area contributed by atoms with Crippen molar-refractivity contribution in [1.82, 2.24) is 0 Å². The Morgan fingerprint density at radius 2 is 1.95 bits per heavy atom. The summed E-state index contributed by atoms with van der Waals surface area (Å²) in [5.41, 5.74) is 0.507. The topological polar surface area (TPSA) is 46.2 Å². The van der Waals surface area contributed by atoms with Crippen LogP contribution in [0.25, 0.3) is 0 Å². The predicted octanol–water partition coefficient (Wildman–Crippen LogP) is 3.86. The minimum atomic E-state index is -3.32. The van der Waals surface area contributed by atoms with E-state index in [1.54, 1.807) is 0 Å². The normalized spacial score (nSPS) is 25.6. The highest BCUT2D eigenvalue weighted by atomic mass is 32.2. The molecule has 0 bridgehead atoms. The Morgan fingerprint density at radius 1 is 1.29 bits per heavy atom. The molecule has 2 rings (SSSR count). The number of rotatable bonds is 3. The van der Waals surface area contributed by atoms with Gasteiger partial charge < -0.3 is 5.32 Å². The van der Waals surface area contributed by atoms with Crippen molar-refractivity contribution in [2.24, 2.45) is 11.3 Å². The smallest absolute Gasteiger partial charge is 0.175 e. The lowest BCUT2D eigenvalue weighted by Crippen LogP contribution is -2.35. The number of sulfone groups is 1. The van der Waals surface area contributed by atoms with Gasteiger partial charge in [-0.05, 0) is 48.8 Å². The largest absolute Gasteiger partial charge is 0.380 e. The zero-order chi connectivity index (χ0) is 15.8. The third-order valence-corrected chi connectivity index (χ3v) is 5.22. The zero-order valence-corrected chi connectivity index (χ0v) is 13.9. The average Bonchev–Trinajstić information content (AvgIpc) is 2.27. The van der Waals surface area contributed by atoms with Crippen LogP contribution in [0, 0.1) is 17.2 Å². The Hall–Kier alpha value is -1.10. The molecule has 3 nitrogen and oxygen atoms in total. The molecule has 2 atom stereocenters. The van der Waals surface area contributed by atoms with E-state index in [9.17, 15) is 12.8 Å². The van der Waals surface area contributed by atoms with E-state index in [0.29, 0.717) is 5.92 Å². The molecule has 1 aromatic carbocycles. The first kappa shape index (κ1) is 16.3. The van der Waals surface area contributed by atoms with Crippen LogP contribution in [0.1, 0.15) is 40.0 Å². The van der Waals surface area contributed by atoms with Crippen molar-refractivity contribution in [2.75, 3.05) is 11.6 Å². The van der Waals surface area contributed by atoms with Crippen LogP contribution < -0.4 is 5.32 Å². The fourth-order valence-corrected chi connectivity index (χ4v) is 4.17. The van der Waals surface area contributed by atoms with Gasteiger partial charge in [0, 0.05) is 12.3 Å². The molecule has 0 spiro atoms. The highest BCUT2D eigenvalue weighted by Crippen LogP contribution is 2.39. The summed E-state index contributed by atoms with van der Waals surface area (Å²) in [5.74, 6) is 0.172. The summed E-state index contributed by atoms with van der Waals surface area (Å²) < 4.78 is 37.1. The maximum Gasteiger partial charge on any atom is 0.175 e. The number of hydrogen-bond acceptors (Lipinski definition) is 3. The average molecular weight is 313 g/mol. The van der Waals surface area contributed by atoms with Crippen LogP contribution in [-0.4, -0.2) is 20.7 Å². The quantitative estimate of drug-likeness (QED) is 0.862. The number of nitrogens with one attached hydrogen (secondary N) is 1. The zero-order valence-electron chi connectivity index (χ0n) is 13.1. The first-order chi connectivity index (χ1) is 9.57. The molecule has 21 heavy (non-hydrogen) atoms. The second kappa shape index (κ2) is 5.59. The summed E-state index contributed by atoms with van der Waals surface area (Å²) in [5, 5.41) is 3.21. The van der Waals surface area contributed by atoms with Crippen molar-refractivity contribution in [3.63, 3.8) is 0 Å². The lowest BCUT2D eigenvalue weighted by molar-refractivity contribution is 0.177. The molecule has 1 aliphatic carbocycles. The standard InChI is InChI=1S/C16H24FNO2S/c1-11-7-12(10-16(2,3)9-11)18-15-8-13(21(4,19)20)5-6-14(15)17/h5-6,8,11-12,18H,7,9-10H2,1-4H3. The van der Waals surface area contributed by atoms with Crippen molar-refractivity contribution in [3.8, 4) is 0 Å². The Balaban J connectivity index is 2.23. The van der Waals surface area contributed by atoms with Crippen molar-refractivity contribution >= 4 is 15.5 Å². The first-order valence-electron chi connectivity index (χ1n) is 7.33. The molecule has 1 aromatic rings. The second-order valence-electron chi connectivity index (χ2n) is 7.17. The Kier molecular flexibility index (Phi) is 4.34. The fraction of sp³-hybridized carbons (Fsp3) is 0.625. The van der Waals surface area contributed by atoms with E-state index in [1.165, 1.54) is 18.2 Å². The maximum absolute atomic E-state index is 13.9. The molecule has 0 amide bonds. The lowest BCUT2D eigenvalue weighted by atomic mass is 9.70. The van der Waals surface area contributed by atoms with Crippen molar-refractivity contribution in [1.29, 1.82) is 0 Å². The highest BCUT2D eigenvalue weighted by molar-refractivity contribution is 7.90. The lowest BCUT2D eigenvalue weighted by Gasteiger charge is -2.39. The van der Waals surface area contributed by atoms with Gasteiger partial charge in [0.05, 0.1) is 10.6 Å². The van der Waals surface area contributed by atoms with E-state index in [1.807, 2.05) is 0 Å². The van der Waals surface area contributed by atoms with Crippen molar-refractivity contribution in [2.45, 2.75) is 51.0 Å². The predicted molar refractivity (Wildman–Crippen MR) is 83.7 cm³/mol. The van der Waals surface area contributed by atoms with Gasteiger partial charge >= 0.3 is 0 Å². The monoisotopic (exact) mass is 313 g/mol. The molecule has 2 unspecified atom stereocenters. The van der Waals surface area contributed by atoms with E-state index < -0.39 is 15.7 Å². The summed E-state index contributed by atoms with van der Waals surface area (Å²) in [4.78, 5) is 0.148. The molecule has 118 valence electrons. The van der Waals surface area contributed by atoms with E-state index in [0.717, 1.165) is 25.5 Å². The number of halogens is 1. The van der Waals surface area contributed by atoms with Gasteiger partial charge in [-0.1, -0.05) is 20.8 Å². The van der Waals surface area contributed by atoms with Crippen LogP contribution >= 0.6 is 0 Å². The molecule has 0 saturated heterocycles. The van der Waals surface area contributed by atoms with Crippen LogP contribution in [0.2, 0.25) is 0 Å². The van der Waals surface area contributed by atoms with Gasteiger partial charge in [-0.25, -0.2) is 12.8 Å². The summed E-state index contributed by atoms with van der Waals surface area (Å²) in [6.07, 6.45) is 4.23. The van der Waals surface area contributed by atoms with Crippen molar-refractivity contribution < 1.29 is 12.8 Å². The fourth-order valence-electron chi connectivity index (χ4n) is 3.52. The summed E-state index contributed by atoms with van der Waals surface area (Å²) in [7, 11) is -3.32. The molecule has 1 N–H and O–H groups in total. The molecule has 1 aliphatic rings. The van der Waals surface area contributed by atoms with E-state index in [2.05, 4.69) is 26.1 Å². The minimum absolute atomic E-state index is 0.148. The highest BCUT2D eigenvalue weighted by Gasteiger charge is 2.32. The molecular formula is C16H24FNO2S. The van der Waals surface area contributed by atoms with Crippen LogP contribution in [0.15, 0.2) is 23.1 Å². The van der Waals surface area contributed by atoms with Gasteiger partial charge in [-0.2, -0.15) is 0 Å². The summed E-state index contributed by atoms with van der Waals surface area (Å²) >= 11 is 0. The van der Waals surface area contributed by atoms with Gasteiger partial charge in [0.15, 0.2) is 9.84 Å². The van der Waals surface area contributed by atoms with Gasteiger partial charge in [-0.15, -0.1) is 0 Å². The van der Waals surface area contributed by atoms with Crippen molar-refractivity contribution in [3.05, 3.63) is 24.0 Å². The second-order valence-corrected chi connectivity index (χ2v) is 9.18. The Morgan fingerprint density at radius 3 is 2.52 bits per heavy atom. The molecule has 1 saturated carbocycles. The van der Waals surface area contributed by atoms with Gasteiger partial charge in [-0.3, -0.25) is 0 Å². The molecule has 0 aromatic heterocycles. The molecule has 0 aliphatic heterocycles. The number of hydrogen-bond donors (Lipinski definition) is 1. The Bertz CT molecular complexity index is 625. The third kappa shape index (κ3) is 4.19. The Labute approximate surface area is 126 Å². The van der Waals surface area contributed by atoms with Crippen LogP contribution in [0.4, 0.5) is 10.1 Å². The molecule has 1 fully saturated rings. The number of benzene rings is 1.